The molecule has 2 atom stereocenters. The Morgan fingerprint density at radius 2 is 2.00 bits per heavy atom. The molecule has 0 radical (unpaired) electrons. The molecule has 1 aliphatic rings. The van der Waals surface area contributed by atoms with E-state index in [1.165, 1.54) is 12.3 Å². The number of ether oxygens (including phenoxy) is 1. The van der Waals surface area contributed by atoms with Crippen molar-refractivity contribution in [2.45, 2.75) is 44.3 Å². The number of hydrogen-bond acceptors (Lipinski definition) is 5. The van der Waals surface area contributed by atoms with Gasteiger partial charge in [0, 0.05) is 30.5 Å². The molecule has 0 fully saturated rings. The molecule has 1 heterocycles. The Balaban J connectivity index is 1.63. The molecule has 0 unspecified atom stereocenters. The first-order valence-corrected chi connectivity index (χ1v) is 10.9. The number of fused-ring (bicyclic) bond motifs is 1. The van der Waals surface area contributed by atoms with Crippen LogP contribution in [0, 0.1) is 11.8 Å². The predicted molar refractivity (Wildman–Crippen MR) is 125 cm³/mol. The van der Waals surface area contributed by atoms with E-state index in [1.807, 2.05) is 42.5 Å². The highest BCUT2D eigenvalue weighted by Gasteiger charge is 2.21. The van der Waals surface area contributed by atoms with Gasteiger partial charge in [-0.1, -0.05) is 42.3 Å². The molecular formula is C27H27NO5. The summed E-state index contributed by atoms with van der Waals surface area (Å²) in [6.07, 6.45) is 8.16. The smallest absolute Gasteiger partial charge is 0.338 e. The Hall–Kier alpha value is -3.82. The zero-order valence-electron chi connectivity index (χ0n) is 18.2. The highest BCUT2D eigenvalue weighted by molar-refractivity contribution is 5.94. The summed E-state index contributed by atoms with van der Waals surface area (Å²) >= 11 is 0. The van der Waals surface area contributed by atoms with Crippen LogP contribution in [0.25, 0.3) is 0 Å². The Bertz CT molecular complexity index is 1080. The van der Waals surface area contributed by atoms with Crippen LogP contribution >= 0.6 is 0 Å². The zero-order chi connectivity index (χ0) is 23.5. The van der Waals surface area contributed by atoms with Gasteiger partial charge in [0.25, 0.3) is 5.91 Å². The second kappa shape index (κ2) is 12.3. The summed E-state index contributed by atoms with van der Waals surface area (Å²) in [6.45, 7) is 0. The van der Waals surface area contributed by atoms with Gasteiger partial charge in [-0.3, -0.25) is 4.79 Å². The molecule has 3 rings (SSSR count). The molecule has 1 aliphatic heterocycles. The van der Waals surface area contributed by atoms with Gasteiger partial charge in [0.05, 0.1) is 11.7 Å². The monoisotopic (exact) mass is 445 g/mol. The third-order valence-electron chi connectivity index (χ3n) is 5.11. The highest BCUT2D eigenvalue weighted by atomic mass is 16.5. The summed E-state index contributed by atoms with van der Waals surface area (Å²) in [5.74, 6) is 4.41. The zero-order valence-corrected chi connectivity index (χ0v) is 18.2. The number of rotatable bonds is 3. The van der Waals surface area contributed by atoms with E-state index in [0.29, 0.717) is 36.8 Å². The van der Waals surface area contributed by atoms with Gasteiger partial charge in [0.15, 0.2) is 0 Å². The summed E-state index contributed by atoms with van der Waals surface area (Å²) in [4.78, 5) is 24.7. The van der Waals surface area contributed by atoms with Gasteiger partial charge in [-0.25, -0.2) is 4.79 Å². The Morgan fingerprint density at radius 3 is 2.82 bits per heavy atom. The van der Waals surface area contributed by atoms with Gasteiger partial charge in [-0.2, -0.15) is 0 Å². The molecule has 0 saturated heterocycles. The van der Waals surface area contributed by atoms with E-state index in [4.69, 9.17) is 4.74 Å². The van der Waals surface area contributed by atoms with Crippen molar-refractivity contribution in [1.29, 1.82) is 0 Å². The van der Waals surface area contributed by atoms with Crippen LogP contribution in [-0.2, 0) is 16.0 Å². The molecule has 0 bridgehead atoms. The summed E-state index contributed by atoms with van der Waals surface area (Å²) in [5, 5.41) is 22.7. The number of aliphatic hydroxyl groups is 1. The third kappa shape index (κ3) is 7.99. The Labute approximate surface area is 193 Å². The molecule has 0 spiro atoms. The molecule has 2 aromatic rings. The summed E-state index contributed by atoms with van der Waals surface area (Å²) < 4.78 is 5.68. The fourth-order valence-electron chi connectivity index (χ4n) is 3.43. The van der Waals surface area contributed by atoms with Gasteiger partial charge in [-0.05, 0) is 55.2 Å². The topological polar surface area (TPSA) is 95.9 Å². The van der Waals surface area contributed by atoms with E-state index in [9.17, 15) is 19.8 Å². The number of amides is 1. The predicted octanol–water partition coefficient (Wildman–Crippen LogP) is 3.63. The quantitative estimate of drug-likeness (QED) is 0.381. The number of phenols is 1. The number of cyclic esters (lactones) is 1. The van der Waals surface area contributed by atoms with Crippen LogP contribution in [0.5, 0.6) is 5.75 Å². The lowest BCUT2D eigenvalue weighted by Gasteiger charge is -2.21. The second-order valence-corrected chi connectivity index (χ2v) is 7.74. The molecule has 3 N–H and O–H groups in total. The molecule has 1 amide bonds. The van der Waals surface area contributed by atoms with Crippen LogP contribution < -0.4 is 5.32 Å². The van der Waals surface area contributed by atoms with E-state index in [1.54, 1.807) is 18.2 Å². The first-order chi connectivity index (χ1) is 16.0. The molecule has 0 aliphatic carbocycles. The number of aromatic hydroxyl groups is 1. The second-order valence-electron chi connectivity index (χ2n) is 7.74. The average Bonchev–Trinajstić information content (AvgIpc) is 2.80. The third-order valence-corrected chi connectivity index (χ3v) is 5.11. The van der Waals surface area contributed by atoms with Gasteiger partial charge < -0.3 is 20.3 Å². The number of carbonyl (C=O) groups is 2. The number of phenolic OH excluding ortho intramolecular Hbond substituents is 1. The molecule has 6 nitrogen and oxygen atoms in total. The summed E-state index contributed by atoms with van der Waals surface area (Å²) in [6, 6.07) is 13.7. The lowest BCUT2D eigenvalue weighted by molar-refractivity contribution is -0.114. The van der Waals surface area contributed by atoms with Crippen LogP contribution in [-0.4, -0.2) is 34.3 Å². The SMILES string of the molecule is O=C(C#Cc1ccccc1)N/C=C/C[C@H]1C[C@@H](O)CC/C=C/Cc2cc(O)ccc2C(=O)O1. The lowest BCUT2D eigenvalue weighted by Crippen LogP contribution is -2.24. The summed E-state index contributed by atoms with van der Waals surface area (Å²) in [7, 11) is 0. The fourth-order valence-corrected chi connectivity index (χ4v) is 3.43. The molecule has 33 heavy (non-hydrogen) atoms. The molecule has 0 aromatic heterocycles. The highest BCUT2D eigenvalue weighted by Crippen LogP contribution is 2.22. The minimum absolute atomic E-state index is 0.0862. The van der Waals surface area contributed by atoms with Crippen molar-refractivity contribution in [3.05, 3.63) is 89.6 Å². The van der Waals surface area contributed by atoms with Gasteiger partial charge in [0.1, 0.15) is 11.9 Å². The Kier molecular flexibility index (Phi) is 8.87. The molecule has 170 valence electrons. The van der Waals surface area contributed by atoms with Crippen LogP contribution in [0.3, 0.4) is 0 Å². The molecule has 6 heteroatoms. The maximum absolute atomic E-state index is 12.8. The maximum atomic E-state index is 12.8. The van der Waals surface area contributed by atoms with E-state index in [-0.39, 0.29) is 12.2 Å². The van der Waals surface area contributed by atoms with E-state index in [0.717, 1.165) is 5.56 Å². The number of hydrogen-bond donors (Lipinski definition) is 3. The van der Waals surface area contributed by atoms with Crippen LogP contribution in [0.1, 0.15) is 47.2 Å². The lowest BCUT2D eigenvalue weighted by atomic mass is 10.0. The van der Waals surface area contributed by atoms with Crippen molar-refractivity contribution < 1.29 is 24.5 Å². The number of nitrogens with one attached hydrogen (secondary N) is 1. The van der Waals surface area contributed by atoms with Crippen molar-refractivity contribution in [3.8, 4) is 17.6 Å². The van der Waals surface area contributed by atoms with Crippen molar-refractivity contribution >= 4 is 11.9 Å². The van der Waals surface area contributed by atoms with Crippen molar-refractivity contribution in [1.82, 2.24) is 5.32 Å². The minimum atomic E-state index is -0.620. The number of carbonyl (C=O) groups excluding carboxylic acids is 2. The first kappa shape index (κ1) is 23.8. The Morgan fingerprint density at radius 1 is 1.18 bits per heavy atom. The van der Waals surface area contributed by atoms with Gasteiger partial charge >= 0.3 is 5.97 Å². The largest absolute Gasteiger partial charge is 0.508 e. The number of esters is 1. The first-order valence-electron chi connectivity index (χ1n) is 10.9. The molecular weight excluding hydrogens is 418 g/mol. The maximum Gasteiger partial charge on any atom is 0.338 e. The van der Waals surface area contributed by atoms with Gasteiger partial charge in [-0.15, -0.1) is 0 Å². The van der Waals surface area contributed by atoms with Crippen LogP contribution in [0.4, 0.5) is 0 Å². The van der Waals surface area contributed by atoms with E-state index in [2.05, 4.69) is 17.2 Å². The van der Waals surface area contributed by atoms with Gasteiger partial charge in [0.2, 0.25) is 0 Å². The molecule has 0 saturated carbocycles. The van der Waals surface area contributed by atoms with E-state index >= 15 is 0 Å². The number of aliphatic hydroxyl groups excluding tert-OH is 1. The van der Waals surface area contributed by atoms with Crippen molar-refractivity contribution in [3.63, 3.8) is 0 Å². The summed E-state index contributed by atoms with van der Waals surface area (Å²) in [5.41, 5.74) is 1.80. The van der Waals surface area contributed by atoms with Crippen molar-refractivity contribution in [2.24, 2.45) is 0 Å². The molecule has 2 aromatic carbocycles. The fraction of sp³-hybridized carbons (Fsp3) is 0.259. The average molecular weight is 446 g/mol. The number of allylic oxidation sites excluding steroid dienone is 2. The van der Waals surface area contributed by atoms with Crippen LogP contribution in [0.15, 0.2) is 73.0 Å². The van der Waals surface area contributed by atoms with E-state index < -0.39 is 24.1 Å². The van der Waals surface area contributed by atoms with Crippen LogP contribution in [0.2, 0.25) is 0 Å². The minimum Gasteiger partial charge on any atom is -0.508 e. The van der Waals surface area contributed by atoms with Crippen molar-refractivity contribution in [2.75, 3.05) is 0 Å². The standard InChI is InChI=1S/C27H27NO5/c29-22-11-6-2-5-10-21-18-23(30)14-15-25(21)27(32)33-24(19-22)12-7-17-28-26(31)16-13-20-8-3-1-4-9-20/h1-5,7-9,14-15,17-18,22,24,29-30H,6,10-12,19H2,(H,28,31)/b5-2+,17-7+/t22-,24-/m0/s1. The normalized spacial score (nSPS) is 19.7. The number of benzene rings is 2.